The predicted octanol–water partition coefficient (Wildman–Crippen LogP) is 5.68. The van der Waals surface area contributed by atoms with Crippen molar-refractivity contribution in [2.24, 2.45) is 0 Å². The summed E-state index contributed by atoms with van der Waals surface area (Å²) in [6.07, 6.45) is 1.89. The van der Waals surface area contributed by atoms with Gasteiger partial charge in [0, 0.05) is 29.3 Å². The van der Waals surface area contributed by atoms with Crippen molar-refractivity contribution < 1.29 is 23.8 Å². The van der Waals surface area contributed by atoms with Crippen LogP contribution in [0.3, 0.4) is 0 Å². The first-order valence-electron chi connectivity index (χ1n) is 12.4. The Kier molecular flexibility index (Phi) is 7.08. The van der Waals surface area contributed by atoms with E-state index in [2.05, 4.69) is 15.7 Å². The SMILES string of the molecule is CCOc1ccc(C(=O)Nc2ccc(O)c(-c3cc(C4CC4)n(C(=O)NCc4ccc(F)cc4)n3)c2)cc1. The minimum atomic E-state index is -0.415. The van der Waals surface area contributed by atoms with Crippen LogP contribution in [-0.2, 0) is 6.54 Å². The van der Waals surface area contributed by atoms with Gasteiger partial charge in [0.2, 0.25) is 0 Å². The van der Waals surface area contributed by atoms with Crippen LogP contribution in [0.25, 0.3) is 11.3 Å². The predicted molar refractivity (Wildman–Crippen MR) is 141 cm³/mol. The number of phenolic OH excluding ortho intramolecular Hbond substituents is 1. The van der Waals surface area contributed by atoms with Crippen LogP contribution < -0.4 is 15.4 Å². The van der Waals surface area contributed by atoms with Gasteiger partial charge in [0.1, 0.15) is 17.3 Å². The lowest BCUT2D eigenvalue weighted by Crippen LogP contribution is -2.30. The molecule has 1 aliphatic rings. The number of nitrogens with zero attached hydrogens (tertiary/aromatic N) is 2. The summed E-state index contributed by atoms with van der Waals surface area (Å²) in [5.74, 6) is 0.208. The molecule has 194 valence electrons. The summed E-state index contributed by atoms with van der Waals surface area (Å²) in [5.41, 5.74) is 3.25. The molecule has 1 aliphatic carbocycles. The highest BCUT2D eigenvalue weighted by Gasteiger charge is 2.31. The summed E-state index contributed by atoms with van der Waals surface area (Å²) in [6.45, 7) is 2.65. The Hall–Kier alpha value is -4.66. The molecule has 1 aromatic heterocycles. The van der Waals surface area contributed by atoms with Gasteiger partial charge in [0.05, 0.1) is 18.0 Å². The maximum Gasteiger partial charge on any atom is 0.342 e. The van der Waals surface area contributed by atoms with Crippen LogP contribution >= 0.6 is 0 Å². The Bertz CT molecular complexity index is 1460. The van der Waals surface area contributed by atoms with E-state index in [1.807, 2.05) is 6.92 Å². The highest BCUT2D eigenvalue weighted by Crippen LogP contribution is 2.42. The fourth-order valence-electron chi connectivity index (χ4n) is 4.11. The quantitative estimate of drug-likeness (QED) is 0.262. The molecule has 4 aromatic rings. The van der Waals surface area contributed by atoms with E-state index in [0.717, 1.165) is 24.1 Å². The largest absolute Gasteiger partial charge is 0.507 e. The standard InChI is InChI=1S/C29H27FN4O4/c1-2-38-23-12-7-20(8-13-23)28(36)32-22-11-14-27(35)24(15-22)25-16-26(19-5-6-19)34(33-25)29(37)31-17-18-3-9-21(30)10-4-18/h3-4,7-16,19,35H,2,5-6,17H2,1H3,(H,31,37)(H,32,36). The number of halogens is 1. The smallest absolute Gasteiger partial charge is 0.342 e. The van der Waals surface area contributed by atoms with Crippen LogP contribution in [0.15, 0.2) is 72.8 Å². The van der Waals surface area contributed by atoms with E-state index in [-0.39, 0.29) is 29.9 Å². The van der Waals surface area contributed by atoms with Gasteiger partial charge in [-0.15, -0.1) is 0 Å². The Balaban J connectivity index is 1.35. The monoisotopic (exact) mass is 514 g/mol. The van der Waals surface area contributed by atoms with Gasteiger partial charge in [0.25, 0.3) is 5.91 Å². The molecule has 0 atom stereocenters. The number of phenols is 1. The molecule has 9 heteroatoms. The molecule has 0 saturated heterocycles. The van der Waals surface area contributed by atoms with Crippen LogP contribution in [0.5, 0.6) is 11.5 Å². The molecular weight excluding hydrogens is 487 g/mol. The van der Waals surface area contributed by atoms with Gasteiger partial charge in [-0.2, -0.15) is 9.78 Å². The molecule has 3 aromatic carbocycles. The Labute approximate surface area is 219 Å². The first-order valence-corrected chi connectivity index (χ1v) is 12.4. The maximum atomic E-state index is 13.2. The maximum absolute atomic E-state index is 13.2. The second-order valence-electron chi connectivity index (χ2n) is 9.07. The molecule has 5 rings (SSSR count). The summed E-state index contributed by atoms with van der Waals surface area (Å²) < 4.78 is 19.9. The Morgan fingerprint density at radius 1 is 1.05 bits per heavy atom. The van der Waals surface area contributed by atoms with Gasteiger partial charge in [-0.25, -0.2) is 9.18 Å². The van der Waals surface area contributed by atoms with E-state index in [9.17, 15) is 19.1 Å². The number of aromatic hydroxyl groups is 1. The summed E-state index contributed by atoms with van der Waals surface area (Å²) in [7, 11) is 0. The summed E-state index contributed by atoms with van der Waals surface area (Å²) in [5, 5.41) is 20.7. The topological polar surface area (TPSA) is 105 Å². The van der Waals surface area contributed by atoms with Gasteiger partial charge in [-0.3, -0.25) is 4.79 Å². The van der Waals surface area contributed by atoms with Gasteiger partial charge in [0.15, 0.2) is 0 Å². The number of anilines is 1. The van der Waals surface area contributed by atoms with E-state index >= 15 is 0 Å². The lowest BCUT2D eigenvalue weighted by atomic mass is 10.1. The number of carbonyl (C=O) groups is 2. The molecule has 1 fully saturated rings. The van der Waals surface area contributed by atoms with Crippen molar-refractivity contribution in [2.75, 3.05) is 11.9 Å². The fourth-order valence-corrected chi connectivity index (χ4v) is 4.11. The van der Waals surface area contributed by atoms with Crippen LogP contribution in [0.4, 0.5) is 14.9 Å². The zero-order valence-corrected chi connectivity index (χ0v) is 20.8. The highest BCUT2D eigenvalue weighted by atomic mass is 19.1. The Morgan fingerprint density at radius 3 is 2.47 bits per heavy atom. The van der Waals surface area contributed by atoms with E-state index in [4.69, 9.17) is 4.74 Å². The number of aromatic nitrogens is 2. The second-order valence-corrected chi connectivity index (χ2v) is 9.07. The third kappa shape index (κ3) is 5.67. The third-order valence-corrected chi connectivity index (χ3v) is 6.24. The molecule has 0 bridgehead atoms. The van der Waals surface area contributed by atoms with Crippen molar-refractivity contribution in [3.8, 4) is 22.8 Å². The number of rotatable bonds is 8. The van der Waals surface area contributed by atoms with E-state index in [1.165, 1.54) is 22.9 Å². The molecule has 1 saturated carbocycles. The number of carbonyl (C=O) groups excluding carboxylic acids is 2. The molecule has 8 nitrogen and oxygen atoms in total. The number of hydrogen-bond donors (Lipinski definition) is 3. The molecule has 1 heterocycles. The molecule has 38 heavy (non-hydrogen) atoms. The van der Waals surface area contributed by atoms with Crippen LogP contribution in [0.1, 0.15) is 47.3 Å². The summed E-state index contributed by atoms with van der Waals surface area (Å²) >= 11 is 0. The molecule has 3 N–H and O–H groups in total. The third-order valence-electron chi connectivity index (χ3n) is 6.24. The van der Waals surface area contributed by atoms with E-state index in [0.29, 0.717) is 34.9 Å². The number of nitrogens with one attached hydrogen (secondary N) is 2. The number of amides is 2. The lowest BCUT2D eigenvalue weighted by molar-refractivity contribution is 0.102. The average Bonchev–Trinajstić information content (AvgIpc) is 3.68. The average molecular weight is 515 g/mol. The minimum absolute atomic E-state index is 0.0252. The van der Waals surface area contributed by atoms with Crippen molar-refractivity contribution in [3.05, 3.63) is 95.4 Å². The van der Waals surface area contributed by atoms with Crippen molar-refractivity contribution in [1.82, 2.24) is 15.1 Å². The van der Waals surface area contributed by atoms with Gasteiger partial charge >= 0.3 is 6.03 Å². The summed E-state index contributed by atoms with van der Waals surface area (Å²) in [4.78, 5) is 25.7. The number of benzene rings is 3. The van der Waals surface area contributed by atoms with Crippen molar-refractivity contribution >= 4 is 17.6 Å². The molecule has 0 spiro atoms. The number of ether oxygens (including phenoxy) is 1. The molecule has 2 amide bonds. The Morgan fingerprint density at radius 2 is 1.79 bits per heavy atom. The van der Waals surface area contributed by atoms with Crippen molar-refractivity contribution in [3.63, 3.8) is 0 Å². The van der Waals surface area contributed by atoms with Crippen LogP contribution in [0, 0.1) is 5.82 Å². The zero-order valence-electron chi connectivity index (χ0n) is 20.8. The van der Waals surface area contributed by atoms with Gasteiger partial charge in [-0.05, 0) is 86.0 Å². The highest BCUT2D eigenvalue weighted by molar-refractivity contribution is 6.04. The van der Waals surface area contributed by atoms with Gasteiger partial charge < -0.3 is 20.5 Å². The van der Waals surface area contributed by atoms with E-state index in [1.54, 1.807) is 54.6 Å². The van der Waals surface area contributed by atoms with E-state index < -0.39 is 6.03 Å². The van der Waals surface area contributed by atoms with Crippen molar-refractivity contribution in [1.29, 1.82) is 0 Å². The lowest BCUT2D eigenvalue weighted by Gasteiger charge is -2.09. The van der Waals surface area contributed by atoms with Crippen LogP contribution in [0.2, 0.25) is 0 Å². The second kappa shape index (κ2) is 10.8. The van der Waals surface area contributed by atoms with Gasteiger partial charge in [-0.1, -0.05) is 12.1 Å². The van der Waals surface area contributed by atoms with Crippen molar-refractivity contribution in [2.45, 2.75) is 32.2 Å². The first-order chi connectivity index (χ1) is 18.4. The molecule has 0 aliphatic heterocycles. The van der Waals surface area contributed by atoms with Crippen LogP contribution in [-0.4, -0.2) is 33.4 Å². The fraction of sp³-hybridized carbons (Fsp3) is 0.207. The molecule has 0 unspecified atom stereocenters. The zero-order chi connectivity index (χ0) is 26.6. The summed E-state index contributed by atoms with van der Waals surface area (Å²) in [6, 6.07) is 18.8. The molecular formula is C29H27FN4O4. The number of hydrogen-bond acceptors (Lipinski definition) is 5. The first kappa shape index (κ1) is 25.0. The normalized spacial score (nSPS) is 12.7. The molecule has 0 radical (unpaired) electrons. The minimum Gasteiger partial charge on any atom is -0.507 e.